The number of thiophene rings is 1. The van der Waals surface area contributed by atoms with Crippen molar-refractivity contribution in [1.82, 2.24) is 0 Å². The van der Waals surface area contributed by atoms with E-state index in [0.717, 1.165) is 29.7 Å². The number of aryl methyl sites for hydroxylation is 1. The maximum Gasteiger partial charge on any atom is 0.341 e. The fraction of sp³-hybridized carbons (Fsp3) is 0.600. The summed E-state index contributed by atoms with van der Waals surface area (Å²) in [6.45, 7) is 3.77. The van der Waals surface area contributed by atoms with Gasteiger partial charge in [-0.1, -0.05) is 19.3 Å². The van der Waals surface area contributed by atoms with Gasteiger partial charge < -0.3 is 15.8 Å². The van der Waals surface area contributed by atoms with Crippen molar-refractivity contribution in [1.29, 1.82) is 0 Å². The monoisotopic (exact) mass is 310 g/mol. The smallest absolute Gasteiger partial charge is 0.341 e. The van der Waals surface area contributed by atoms with Gasteiger partial charge in [0.15, 0.2) is 0 Å². The number of hydrogen-bond donors (Lipinski definition) is 2. The van der Waals surface area contributed by atoms with E-state index in [9.17, 15) is 9.59 Å². The maximum absolute atomic E-state index is 12.5. The maximum atomic E-state index is 12.5. The fourth-order valence-corrected chi connectivity index (χ4v) is 3.74. The van der Waals surface area contributed by atoms with Crippen LogP contribution in [0.1, 0.15) is 52.9 Å². The molecule has 21 heavy (non-hydrogen) atoms. The third-order valence-corrected chi connectivity index (χ3v) is 5.32. The highest BCUT2D eigenvalue weighted by molar-refractivity contribution is 7.16. The van der Waals surface area contributed by atoms with Crippen molar-refractivity contribution < 1.29 is 14.3 Å². The number of rotatable bonds is 3. The Morgan fingerprint density at radius 3 is 2.43 bits per heavy atom. The zero-order chi connectivity index (χ0) is 15.6. The molecule has 1 fully saturated rings. The van der Waals surface area contributed by atoms with Gasteiger partial charge in [0.25, 0.3) is 0 Å². The number of ether oxygens (including phenoxy) is 1. The fourth-order valence-electron chi connectivity index (χ4n) is 2.70. The van der Waals surface area contributed by atoms with Crippen LogP contribution in [0.25, 0.3) is 0 Å². The first kappa shape index (κ1) is 16.0. The van der Waals surface area contributed by atoms with Crippen molar-refractivity contribution >= 4 is 28.2 Å². The number of nitrogens with one attached hydrogen (secondary N) is 1. The van der Waals surface area contributed by atoms with E-state index in [1.165, 1.54) is 18.4 Å². The standard InChI is InChI=1S/C15H22N2O3S/c1-9-10(2)21-12(11(9)13(18)20-3)17-14(19)15(16)7-5-4-6-8-15/h4-8,16H2,1-3H3,(H,17,19). The van der Waals surface area contributed by atoms with Crippen LogP contribution in [0.15, 0.2) is 0 Å². The Morgan fingerprint density at radius 2 is 1.86 bits per heavy atom. The molecule has 0 radical (unpaired) electrons. The molecule has 1 aromatic rings. The van der Waals surface area contributed by atoms with Crippen molar-refractivity contribution in [3.05, 3.63) is 16.0 Å². The second-order valence-corrected chi connectivity index (χ2v) is 6.87. The number of amides is 1. The Labute approximate surface area is 128 Å². The van der Waals surface area contributed by atoms with E-state index in [0.29, 0.717) is 23.4 Å². The molecular formula is C15H22N2O3S. The minimum Gasteiger partial charge on any atom is -0.465 e. The number of esters is 1. The molecule has 0 saturated heterocycles. The highest BCUT2D eigenvalue weighted by atomic mass is 32.1. The lowest BCUT2D eigenvalue weighted by Crippen LogP contribution is -2.52. The lowest BCUT2D eigenvalue weighted by molar-refractivity contribution is -0.122. The van der Waals surface area contributed by atoms with Crippen molar-refractivity contribution in [3.63, 3.8) is 0 Å². The summed E-state index contributed by atoms with van der Waals surface area (Å²) in [5.74, 6) is -0.629. The molecule has 1 aliphatic carbocycles. The minimum absolute atomic E-state index is 0.200. The highest BCUT2D eigenvalue weighted by Gasteiger charge is 2.36. The van der Waals surface area contributed by atoms with Crippen LogP contribution in [-0.4, -0.2) is 24.5 Å². The van der Waals surface area contributed by atoms with Crippen molar-refractivity contribution in [2.45, 2.75) is 51.5 Å². The number of hydrogen-bond acceptors (Lipinski definition) is 5. The summed E-state index contributed by atoms with van der Waals surface area (Å²) in [7, 11) is 1.34. The van der Waals surface area contributed by atoms with Gasteiger partial charge >= 0.3 is 5.97 Å². The van der Waals surface area contributed by atoms with Crippen LogP contribution in [0.2, 0.25) is 0 Å². The largest absolute Gasteiger partial charge is 0.465 e. The molecule has 0 bridgehead atoms. The predicted octanol–water partition coefficient (Wildman–Crippen LogP) is 2.75. The van der Waals surface area contributed by atoms with Gasteiger partial charge in [0.2, 0.25) is 5.91 Å². The molecule has 6 heteroatoms. The van der Waals surface area contributed by atoms with Crippen LogP contribution in [0.3, 0.4) is 0 Å². The van der Waals surface area contributed by atoms with Crippen LogP contribution < -0.4 is 11.1 Å². The van der Waals surface area contributed by atoms with E-state index < -0.39 is 11.5 Å². The molecule has 116 valence electrons. The van der Waals surface area contributed by atoms with Gasteiger partial charge in [0, 0.05) is 4.88 Å². The summed E-state index contributed by atoms with van der Waals surface area (Å²) in [4.78, 5) is 25.4. The lowest BCUT2D eigenvalue weighted by atomic mass is 9.82. The van der Waals surface area contributed by atoms with Gasteiger partial charge in [-0.05, 0) is 32.3 Å². The van der Waals surface area contributed by atoms with Crippen molar-refractivity contribution in [2.75, 3.05) is 12.4 Å². The Kier molecular flexibility index (Phi) is 4.68. The summed E-state index contributed by atoms with van der Waals surface area (Å²) in [5, 5.41) is 3.39. The first-order chi connectivity index (χ1) is 9.89. The summed E-state index contributed by atoms with van der Waals surface area (Å²) in [6, 6.07) is 0. The molecule has 1 heterocycles. The molecule has 1 amide bonds. The van der Waals surface area contributed by atoms with E-state index in [1.54, 1.807) is 0 Å². The summed E-state index contributed by atoms with van der Waals surface area (Å²) in [6.07, 6.45) is 4.44. The molecule has 1 aromatic heterocycles. The van der Waals surface area contributed by atoms with E-state index in [1.807, 2.05) is 13.8 Å². The molecule has 0 spiro atoms. The Morgan fingerprint density at radius 1 is 1.24 bits per heavy atom. The second-order valence-electron chi connectivity index (χ2n) is 5.65. The Bertz CT molecular complexity index is 560. The summed E-state index contributed by atoms with van der Waals surface area (Å²) < 4.78 is 4.81. The molecular weight excluding hydrogens is 288 g/mol. The van der Waals surface area contributed by atoms with Crippen LogP contribution in [0.4, 0.5) is 5.00 Å². The first-order valence-corrected chi connectivity index (χ1v) is 7.99. The highest BCUT2D eigenvalue weighted by Crippen LogP contribution is 2.34. The number of anilines is 1. The van der Waals surface area contributed by atoms with Gasteiger partial charge in [-0.15, -0.1) is 11.3 Å². The molecule has 0 atom stereocenters. The summed E-state index contributed by atoms with van der Waals surface area (Å²) in [5.41, 5.74) is 6.69. The zero-order valence-electron chi connectivity index (χ0n) is 12.7. The number of carbonyl (C=O) groups excluding carboxylic acids is 2. The van der Waals surface area contributed by atoms with Crippen molar-refractivity contribution in [2.24, 2.45) is 5.73 Å². The van der Waals surface area contributed by atoms with Gasteiger partial charge in [-0.2, -0.15) is 0 Å². The topological polar surface area (TPSA) is 81.4 Å². The van der Waals surface area contributed by atoms with Crippen LogP contribution >= 0.6 is 11.3 Å². The second kappa shape index (κ2) is 6.15. The van der Waals surface area contributed by atoms with Gasteiger partial charge in [-0.25, -0.2) is 4.79 Å². The summed E-state index contributed by atoms with van der Waals surface area (Å²) >= 11 is 1.39. The van der Waals surface area contributed by atoms with Crippen LogP contribution in [0.5, 0.6) is 0 Å². The van der Waals surface area contributed by atoms with Crippen molar-refractivity contribution in [3.8, 4) is 0 Å². The normalized spacial score (nSPS) is 17.3. The quantitative estimate of drug-likeness (QED) is 0.841. The van der Waals surface area contributed by atoms with E-state index in [-0.39, 0.29) is 5.91 Å². The molecule has 1 aliphatic rings. The Balaban J connectivity index is 2.25. The lowest BCUT2D eigenvalue weighted by Gasteiger charge is -2.31. The third-order valence-electron chi connectivity index (χ3n) is 4.20. The van der Waals surface area contributed by atoms with Gasteiger partial charge in [0.1, 0.15) is 5.00 Å². The average Bonchev–Trinajstić information content (AvgIpc) is 2.74. The number of methoxy groups -OCH3 is 1. The van der Waals surface area contributed by atoms with E-state index in [2.05, 4.69) is 5.32 Å². The van der Waals surface area contributed by atoms with Gasteiger partial charge in [0.05, 0.1) is 18.2 Å². The molecule has 2 rings (SSSR count). The van der Waals surface area contributed by atoms with Gasteiger partial charge in [-0.3, -0.25) is 4.79 Å². The van der Waals surface area contributed by atoms with E-state index >= 15 is 0 Å². The zero-order valence-corrected chi connectivity index (χ0v) is 13.6. The molecule has 1 saturated carbocycles. The van der Waals surface area contributed by atoms with E-state index in [4.69, 9.17) is 10.5 Å². The molecule has 0 unspecified atom stereocenters. The molecule has 5 nitrogen and oxygen atoms in total. The molecule has 0 aromatic carbocycles. The van der Waals surface area contributed by atoms with Crippen LogP contribution in [0, 0.1) is 13.8 Å². The number of carbonyl (C=O) groups is 2. The van der Waals surface area contributed by atoms with Crippen LogP contribution in [-0.2, 0) is 9.53 Å². The predicted molar refractivity (Wildman–Crippen MR) is 83.8 cm³/mol. The minimum atomic E-state index is -0.822. The SMILES string of the molecule is COC(=O)c1c(NC(=O)C2(N)CCCCC2)sc(C)c1C. The third kappa shape index (κ3) is 3.11. The first-order valence-electron chi connectivity index (χ1n) is 7.17. The molecule has 0 aliphatic heterocycles. The Hall–Kier alpha value is -1.40. The molecule has 3 N–H and O–H groups in total. The average molecular weight is 310 g/mol. The number of nitrogens with two attached hydrogens (primary N) is 1.